The molecule has 0 unspecified atom stereocenters. The zero-order valence-corrected chi connectivity index (χ0v) is 13.7. The van der Waals surface area contributed by atoms with E-state index in [4.69, 9.17) is 4.74 Å². The van der Waals surface area contributed by atoms with Crippen molar-refractivity contribution >= 4 is 17.7 Å². The molecule has 6 heteroatoms. The van der Waals surface area contributed by atoms with Crippen LogP contribution in [0.4, 0.5) is 0 Å². The molecule has 0 saturated heterocycles. The molecule has 0 radical (unpaired) electrons. The van der Waals surface area contributed by atoms with Gasteiger partial charge in [-0.05, 0) is 24.6 Å². The Morgan fingerprint density at radius 2 is 2.32 bits per heavy atom. The summed E-state index contributed by atoms with van der Waals surface area (Å²) in [6, 6.07) is 7.70. The second-order valence-electron chi connectivity index (χ2n) is 4.86. The molecule has 22 heavy (non-hydrogen) atoms. The summed E-state index contributed by atoms with van der Waals surface area (Å²) in [5.74, 6) is 1.20. The van der Waals surface area contributed by atoms with Gasteiger partial charge in [-0.25, -0.2) is 0 Å². The number of amides is 1. The van der Waals surface area contributed by atoms with Crippen LogP contribution in [0.1, 0.15) is 18.9 Å². The van der Waals surface area contributed by atoms with Gasteiger partial charge in [0.25, 0.3) is 0 Å². The summed E-state index contributed by atoms with van der Waals surface area (Å²) in [7, 11) is 1.63. The largest absolute Gasteiger partial charge is 0.497 e. The number of nitrogens with zero attached hydrogens (tertiary/aromatic N) is 2. The molecule has 1 amide bonds. The number of hydrogen-bond donors (Lipinski definition) is 1. The van der Waals surface area contributed by atoms with Gasteiger partial charge in [-0.2, -0.15) is 5.10 Å². The second kappa shape index (κ2) is 8.48. The Morgan fingerprint density at radius 3 is 3.09 bits per heavy atom. The molecule has 2 aromatic rings. The fraction of sp³-hybridized carbons (Fsp3) is 0.375. The van der Waals surface area contributed by atoms with Crippen LogP contribution in [0.15, 0.2) is 41.6 Å². The van der Waals surface area contributed by atoms with Crippen LogP contribution < -0.4 is 10.1 Å². The molecule has 1 N–H and O–H groups in total. The van der Waals surface area contributed by atoms with Gasteiger partial charge in [0, 0.05) is 29.7 Å². The first kappa shape index (κ1) is 16.4. The monoisotopic (exact) mass is 319 g/mol. The third kappa shape index (κ3) is 5.11. The zero-order valence-electron chi connectivity index (χ0n) is 12.9. The third-order valence-corrected chi connectivity index (χ3v) is 4.03. The average Bonchev–Trinajstić information content (AvgIpc) is 2.99. The Hall–Kier alpha value is -1.95. The number of thioether (sulfide) groups is 1. The first-order chi connectivity index (χ1) is 10.7. The molecule has 2 rings (SSSR count). The number of aryl methyl sites for hydroxylation is 1. The number of benzene rings is 1. The maximum atomic E-state index is 11.9. The van der Waals surface area contributed by atoms with Crippen LogP contribution in [0.25, 0.3) is 0 Å². The Labute approximate surface area is 135 Å². The van der Waals surface area contributed by atoms with Crippen molar-refractivity contribution in [3.63, 3.8) is 0 Å². The zero-order chi connectivity index (χ0) is 15.8. The van der Waals surface area contributed by atoms with Gasteiger partial charge in [0.05, 0.1) is 19.1 Å². The van der Waals surface area contributed by atoms with Crippen molar-refractivity contribution < 1.29 is 9.53 Å². The van der Waals surface area contributed by atoms with Gasteiger partial charge >= 0.3 is 0 Å². The van der Waals surface area contributed by atoms with E-state index in [0.717, 1.165) is 29.2 Å². The van der Waals surface area contributed by atoms with E-state index in [2.05, 4.69) is 17.3 Å². The smallest absolute Gasteiger partial charge is 0.230 e. The molecule has 1 aromatic carbocycles. The SMILES string of the molecule is CCCn1cc(CNC(=O)CSc2cccc(OC)c2)cn1. The van der Waals surface area contributed by atoms with Gasteiger partial charge in [0.15, 0.2) is 0 Å². The topological polar surface area (TPSA) is 56.2 Å². The van der Waals surface area contributed by atoms with Crippen LogP contribution in [-0.2, 0) is 17.9 Å². The van der Waals surface area contributed by atoms with Crippen LogP contribution in [0.3, 0.4) is 0 Å². The van der Waals surface area contributed by atoms with Crippen molar-refractivity contribution in [1.29, 1.82) is 0 Å². The summed E-state index contributed by atoms with van der Waals surface area (Å²) >= 11 is 1.49. The summed E-state index contributed by atoms with van der Waals surface area (Å²) in [4.78, 5) is 12.9. The van der Waals surface area contributed by atoms with Crippen molar-refractivity contribution in [2.24, 2.45) is 0 Å². The van der Waals surface area contributed by atoms with Crippen molar-refractivity contribution in [2.45, 2.75) is 31.3 Å². The van der Waals surface area contributed by atoms with E-state index < -0.39 is 0 Å². The van der Waals surface area contributed by atoms with Gasteiger partial charge in [0.2, 0.25) is 5.91 Å². The van der Waals surface area contributed by atoms with Crippen LogP contribution in [0.2, 0.25) is 0 Å². The van der Waals surface area contributed by atoms with E-state index in [1.165, 1.54) is 11.8 Å². The minimum atomic E-state index is 0.0102. The summed E-state index contributed by atoms with van der Waals surface area (Å²) < 4.78 is 7.06. The number of hydrogen-bond acceptors (Lipinski definition) is 4. The first-order valence-electron chi connectivity index (χ1n) is 7.26. The van der Waals surface area contributed by atoms with E-state index in [-0.39, 0.29) is 5.91 Å². The summed E-state index contributed by atoms with van der Waals surface area (Å²) in [5, 5.41) is 7.15. The lowest BCUT2D eigenvalue weighted by atomic mass is 10.3. The molecule has 0 bridgehead atoms. The molecule has 5 nitrogen and oxygen atoms in total. The predicted octanol–water partition coefficient (Wildman–Crippen LogP) is 2.71. The first-order valence-corrected chi connectivity index (χ1v) is 8.24. The molecule has 0 spiro atoms. The van der Waals surface area contributed by atoms with Gasteiger partial charge in [-0.1, -0.05) is 13.0 Å². The molecule has 1 aromatic heterocycles. The Kier molecular flexibility index (Phi) is 6.33. The van der Waals surface area contributed by atoms with Gasteiger partial charge < -0.3 is 10.1 Å². The number of methoxy groups -OCH3 is 1. The lowest BCUT2D eigenvalue weighted by Gasteiger charge is -2.05. The lowest BCUT2D eigenvalue weighted by molar-refractivity contribution is -0.118. The minimum Gasteiger partial charge on any atom is -0.497 e. The number of carbonyl (C=O) groups is 1. The molecular formula is C16H21N3O2S. The normalized spacial score (nSPS) is 10.5. The third-order valence-electron chi connectivity index (χ3n) is 3.04. The fourth-order valence-electron chi connectivity index (χ4n) is 1.94. The van der Waals surface area contributed by atoms with Crippen molar-refractivity contribution in [3.8, 4) is 5.75 Å². The number of carbonyl (C=O) groups excluding carboxylic acids is 1. The molecule has 118 valence electrons. The highest BCUT2D eigenvalue weighted by Gasteiger charge is 2.05. The number of rotatable bonds is 8. The average molecular weight is 319 g/mol. The molecule has 0 atom stereocenters. The van der Waals surface area contributed by atoms with Crippen molar-refractivity contribution in [1.82, 2.24) is 15.1 Å². The highest BCUT2D eigenvalue weighted by molar-refractivity contribution is 8.00. The van der Waals surface area contributed by atoms with E-state index in [1.807, 2.05) is 35.1 Å². The van der Waals surface area contributed by atoms with E-state index >= 15 is 0 Å². The molecular weight excluding hydrogens is 298 g/mol. The molecule has 0 fully saturated rings. The van der Waals surface area contributed by atoms with Gasteiger partial charge in [-0.15, -0.1) is 11.8 Å². The van der Waals surface area contributed by atoms with Gasteiger partial charge in [-0.3, -0.25) is 9.48 Å². The van der Waals surface area contributed by atoms with Gasteiger partial charge in [0.1, 0.15) is 5.75 Å². The Bertz CT molecular complexity index is 613. The standard InChI is InChI=1S/C16H21N3O2S/c1-3-7-19-11-13(10-18-19)9-17-16(20)12-22-15-6-4-5-14(8-15)21-2/h4-6,8,10-11H,3,7,9,12H2,1-2H3,(H,17,20). The fourth-order valence-corrected chi connectivity index (χ4v) is 2.71. The highest BCUT2D eigenvalue weighted by atomic mass is 32.2. The maximum Gasteiger partial charge on any atom is 0.230 e. The van der Waals surface area contributed by atoms with E-state index in [0.29, 0.717) is 12.3 Å². The van der Waals surface area contributed by atoms with Crippen LogP contribution in [0.5, 0.6) is 5.75 Å². The van der Waals surface area contributed by atoms with Crippen molar-refractivity contribution in [3.05, 3.63) is 42.2 Å². The molecule has 0 aliphatic carbocycles. The lowest BCUT2D eigenvalue weighted by Crippen LogP contribution is -2.24. The highest BCUT2D eigenvalue weighted by Crippen LogP contribution is 2.22. The minimum absolute atomic E-state index is 0.0102. The van der Waals surface area contributed by atoms with Crippen LogP contribution >= 0.6 is 11.8 Å². The van der Waals surface area contributed by atoms with E-state index in [1.54, 1.807) is 13.3 Å². The van der Waals surface area contributed by atoms with Crippen LogP contribution in [0, 0.1) is 0 Å². The summed E-state index contributed by atoms with van der Waals surface area (Å²) in [5.41, 5.74) is 1.02. The Morgan fingerprint density at radius 1 is 1.45 bits per heavy atom. The summed E-state index contributed by atoms with van der Waals surface area (Å²) in [6.45, 7) is 3.53. The number of ether oxygens (including phenoxy) is 1. The molecule has 0 aliphatic rings. The van der Waals surface area contributed by atoms with Crippen molar-refractivity contribution in [2.75, 3.05) is 12.9 Å². The van der Waals surface area contributed by atoms with E-state index in [9.17, 15) is 4.79 Å². The number of aromatic nitrogens is 2. The maximum absolute atomic E-state index is 11.9. The molecule has 0 saturated carbocycles. The molecule has 1 heterocycles. The van der Waals surface area contributed by atoms with Crippen LogP contribution in [-0.4, -0.2) is 28.6 Å². The second-order valence-corrected chi connectivity index (χ2v) is 5.90. The quantitative estimate of drug-likeness (QED) is 0.760. The molecule has 0 aliphatic heterocycles. The predicted molar refractivity (Wildman–Crippen MR) is 88.1 cm³/mol. The number of nitrogens with one attached hydrogen (secondary N) is 1. The Balaban J connectivity index is 1.75. The summed E-state index contributed by atoms with van der Waals surface area (Å²) in [6.07, 6.45) is 4.81.